The standard InChI is InChI=1S/C16H14ClN3O2S2/c17-11-3-4-13-12(8-11)20-16(23-13)24-14(15(22)19-6-7-21)10-2-1-5-18-9-10/h1-5,8-9,14,21H,6-7H2,(H,19,22). The molecule has 24 heavy (non-hydrogen) atoms. The first-order valence-corrected chi connectivity index (χ1v) is 9.26. The zero-order chi connectivity index (χ0) is 16.9. The zero-order valence-electron chi connectivity index (χ0n) is 12.5. The average Bonchev–Trinajstić information content (AvgIpc) is 3.00. The molecule has 8 heteroatoms. The van der Waals surface area contributed by atoms with Gasteiger partial charge in [-0.2, -0.15) is 0 Å². The molecule has 0 spiro atoms. The summed E-state index contributed by atoms with van der Waals surface area (Å²) in [6.07, 6.45) is 3.33. The van der Waals surface area contributed by atoms with Crippen LogP contribution in [0.25, 0.3) is 10.2 Å². The number of hydrogen-bond acceptors (Lipinski definition) is 6. The molecule has 2 aromatic heterocycles. The summed E-state index contributed by atoms with van der Waals surface area (Å²) in [5.41, 5.74) is 1.60. The van der Waals surface area contributed by atoms with Crippen LogP contribution in [0.2, 0.25) is 5.02 Å². The van der Waals surface area contributed by atoms with Crippen molar-refractivity contribution in [3.63, 3.8) is 0 Å². The van der Waals surface area contributed by atoms with Crippen LogP contribution >= 0.6 is 34.7 Å². The maximum Gasteiger partial charge on any atom is 0.238 e. The van der Waals surface area contributed by atoms with Gasteiger partial charge in [-0.05, 0) is 29.8 Å². The smallest absolute Gasteiger partial charge is 0.238 e. The third-order valence-corrected chi connectivity index (χ3v) is 5.80. The lowest BCUT2D eigenvalue weighted by Crippen LogP contribution is -2.30. The molecule has 1 atom stereocenters. The number of halogens is 1. The molecule has 0 saturated heterocycles. The van der Waals surface area contributed by atoms with Gasteiger partial charge in [-0.3, -0.25) is 9.78 Å². The third-order valence-electron chi connectivity index (χ3n) is 3.18. The number of carbonyl (C=O) groups is 1. The van der Waals surface area contributed by atoms with Crippen molar-refractivity contribution in [3.8, 4) is 0 Å². The van der Waals surface area contributed by atoms with E-state index in [1.165, 1.54) is 23.1 Å². The van der Waals surface area contributed by atoms with E-state index in [4.69, 9.17) is 16.7 Å². The number of aliphatic hydroxyl groups is 1. The quantitative estimate of drug-likeness (QED) is 0.643. The van der Waals surface area contributed by atoms with Crippen LogP contribution in [0.3, 0.4) is 0 Å². The minimum atomic E-state index is -0.485. The Bertz CT molecular complexity index is 842. The van der Waals surface area contributed by atoms with Gasteiger partial charge in [0.15, 0.2) is 4.34 Å². The first-order chi connectivity index (χ1) is 11.7. The SMILES string of the molecule is O=C(NCCO)C(Sc1nc2cc(Cl)ccc2s1)c1cccnc1. The number of carbonyl (C=O) groups excluding carboxylic acids is 1. The van der Waals surface area contributed by atoms with E-state index in [0.29, 0.717) is 5.02 Å². The summed E-state index contributed by atoms with van der Waals surface area (Å²) in [7, 11) is 0. The molecule has 2 N–H and O–H groups in total. The third kappa shape index (κ3) is 4.05. The zero-order valence-corrected chi connectivity index (χ0v) is 14.9. The second kappa shape index (κ2) is 7.94. The first-order valence-electron chi connectivity index (χ1n) is 7.18. The number of aromatic nitrogens is 2. The predicted molar refractivity (Wildman–Crippen MR) is 97.6 cm³/mol. The van der Waals surface area contributed by atoms with E-state index in [1.54, 1.807) is 18.5 Å². The average molecular weight is 380 g/mol. The normalized spacial score (nSPS) is 12.2. The van der Waals surface area contributed by atoms with Crippen molar-refractivity contribution in [2.45, 2.75) is 9.59 Å². The van der Waals surface area contributed by atoms with Crippen LogP contribution in [-0.4, -0.2) is 34.1 Å². The number of thiazole rings is 1. The summed E-state index contributed by atoms with van der Waals surface area (Å²) in [5.74, 6) is -0.181. The highest BCUT2D eigenvalue weighted by atomic mass is 35.5. The number of thioether (sulfide) groups is 1. The fourth-order valence-corrected chi connectivity index (χ4v) is 4.52. The molecular weight excluding hydrogens is 366 g/mol. The van der Waals surface area contributed by atoms with Crippen molar-refractivity contribution in [3.05, 3.63) is 53.3 Å². The number of nitrogens with zero attached hydrogens (tertiary/aromatic N) is 2. The van der Waals surface area contributed by atoms with Gasteiger partial charge in [0, 0.05) is 24.0 Å². The van der Waals surface area contributed by atoms with Gasteiger partial charge in [-0.15, -0.1) is 11.3 Å². The lowest BCUT2D eigenvalue weighted by molar-refractivity contribution is -0.120. The number of nitrogens with one attached hydrogen (secondary N) is 1. The van der Waals surface area contributed by atoms with Crippen LogP contribution in [0.5, 0.6) is 0 Å². The van der Waals surface area contributed by atoms with Gasteiger partial charge in [0.25, 0.3) is 0 Å². The van der Waals surface area contributed by atoms with E-state index in [1.807, 2.05) is 24.3 Å². The van der Waals surface area contributed by atoms with E-state index >= 15 is 0 Å². The maximum atomic E-state index is 12.5. The Labute approximate surface area is 152 Å². The highest BCUT2D eigenvalue weighted by Crippen LogP contribution is 2.39. The number of aliphatic hydroxyl groups excluding tert-OH is 1. The van der Waals surface area contributed by atoms with E-state index in [-0.39, 0.29) is 19.1 Å². The highest BCUT2D eigenvalue weighted by Gasteiger charge is 2.23. The predicted octanol–water partition coefficient (Wildman–Crippen LogP) is 3.29. The minimum absolute atomic E-state index is 0.101. The van der Waals surface area contributed by atoms with Crippen LogP contribution in [0.4, 0.5) is 0 Å². The fraction of sp³-hybridized carbons (Fsp3) is 0.188. The summed E-state index contributed by atoms with van der Waals surface area (Å²) >= 11 is 8.88. The van der Waals surface area contributed by atoms with Gasteiger partial charge in [0.1, 0.15) is 5.25 Å². The topological polar surface area (TPSA) is 75.1 Å². The number of rotatable bonds is 6. The molecule has 0 bridgehead atoms. The van der Waals surface area contributed by atoms with Crippen molar-refractivity contribution < 1.29 is 9.90 Å². The summed E-state index contributed by atoms with van der Waals surface area (Å²) in [4.78, 5) is 21.1. The molecule has 1 amide bonds. The second-order valence-corrected chi connectivity index (χ2v) is 7.71. The molecule has 0 radical (unpaired) electrons. The number of amides is 1. The minimum Gasteiger partial charge on any atom is -0.395 e. The lowest BCUT2D eigenvalue weighted by Gasteiger charge is -2.14. The van der Waals surface area contributed by atoms with Crippen molar-refractivity contribution >= 4 is 50.8 Å². The largest absolute Gasteiger partial charge is 0.395 e. The number of fused-ring (bicyclic) bond motifs is 1. The molecule has 1 aromatic carbocycles. The number of benzene rings is 1. The molecule has 124 valence electrons. The lowest BCUT2D eigenvalue weighted by atomic mass is 10.2. The van der Waals surface area contributed by atoms with Gasteiger partial charge in [-0.25, -0.2) is 4.98 Å². The van der Waals surface area contributed by atoms with Gasteiger partial charge in [0.2, 0.25) is 5.91 Å². The molecule has 3 rings (SSSR count). The van der Waals surface area contributed by atoms with Gasteiger partial charge in [-0.1, -0.05) is 29.4 Å². The molecular formula is C16H14ClN3O2S2. The van der Waals surface area contributed by atoms with Crippen LogP contribution in [-0.2, 0) is 4.79 Å². The summed E-state index contributed by atoms with van der Waals surface area (Å²) in [6.45, 7) is 0.113. The Morgan fingerprint density at radius 2 is 2.29 bits per heavy atom. The summed E-state index contributed by atoms with van der Waals surface area (Å²) in [5, 5.41) is 11.8. The molecule has 0 saturated carbocycles. The molecule has 5 nitrogen and oxygen atoms in total. The molecule has 0 aliphatic carbocycles. The Morgan fingerprint density at radius 1 is 1.42 bits per heavy atom. The Kier molecular flexibility index (Phi) is 5.68. The summed E-state index contributed by atoms with van der Waals surface area (Å²) < 4.78 is 1.79. The highest BCUT2D eigenvalue weighted by molar-refractivity contribution is 8.02. The summed E-state index contributed by atoms with van der Waals surface area (Å²) in [6, 6.07) is 9.20. The van der Waals surface area contributed by atoms with Crippen LogP contribution < -0.4 is 5.32 Å². The fourth-order valence-electron chi connectivity index (χ4n) is 2.11. The molecule has 1 unspecified atom stereocenters. The number of hydrogen-bond donors (Lipinski definition) is 2. The molecule has 0 aliphatic heterocycles. The Balaban J connectivity index is 1.88. The van der Waals surface area contributed by atoms with Crippen LogP contribution in [0.1, 0.15) is 10.8 Å². The number of pyridine rings is 1. The van der Waals surface area contributed by atoms with Gasteiger partial charge < -0.3 is 10.4 Å². The molecule has 0 aliphatic rings. The van der Waals surface area contributed by atoms with Crippen LogP contribution in [0.15, 0.2) is 47.1 Å². The van der Waals surface area contributed by atoms with Crippen molar-refractivity contribution in [1.29, 1.82) is 0 Å². The molecule has 0 fully saturated rings. The maximum absolute atomic E-state index is 12.5. The van der Waals surface area contributed by atoms with E-state index in [2.05, 4.69) is 15.3 Å². The molecule has 3 aromatic rings. The second-order valence-electron chi connectivity index (χ2n) is 4.89. The van der Waals surface area contributed by atoms with Gasteiger partial charge in [0.05, 0.1) is 16.8 Å². The first kappa shape index (κ1) is 17.2. The Morgan fingerprint density at radius 3 is 3.04 bits per heavy atom. The van der Waals surface area contributed by atoms with E-state index in [9.17, 15) is 4.79 Å². The van der Waals surface area contributed by atoms with Crippen LogP contribution in [0, 0.1) is 0 Å². The van der Waals surface area contributed by atoms with Crippen molar-refractivity contribution in [2.75, 3.05) is 13.2 Å². The van der Waals surface area contributed by atoms with Gasteiger partial charge >= 0.3 is 0 Å². The van der Waals surface area contributed by atoms with E-state index in [0.717, 1.165) is 20.1 Å². The Hall–Kier alpha value is -1.67. The van der Waals surface area contributed by atoms with E-state index < -0.39 is 5.25 Å². The monoisotopic (exact) mass is 379 g/mol. The molecule has 2 heterocycles. The van der Waals surface area contributed by atoms with Crippen molar-refractivity contribution in [2.24, 2.45) is 0 Å². The van der Waals surface area contributed by atoms with Crippen molar-refractivity contribution in [1.82, 2.24) is 15.3 Å².